The quantitative estimate of drug-likeness (QED) is 0.0807. The fraction of sp³-hybridized carbons (Fsp3) is 0. The smallest absolute Gasteiger partial charge is 0.749 e. The summed E-state index contributed by atoms with van der Waals surface area (Å²) in [5, 5.41) is 14.8. The molecular weight excluding hydrogens is 344 g/mol. The molecule has 0 heterocycles. The van der Waals surface area contributed by atoms with Crippen LogP contribution in [-0.2, 0) is 23.7 Å². The predicted molar refractivity (Wildman–Crippen MR) is 56.5 cm³/mol. The molecule has 10 nitrogen and oxygen atoms in total. The molecule has 0 aliphatic rings. The van der Waals surface area contributed by atoms with Crippen molar-refractivity contribution in [2.75, 3.05) is 0 Å². The van der Waals surface area contributed by atoms with E-state index in [0.29, 0.717) is 0 Å². The van der Waals surface area contributed by atoms with E-state index in [-0.39, 0.29) is 18.9 Å². The van der Waals surface area contributed by atoms with E-state index in [0.717, 1.165) is 22.0 Å². The molecule has 0 amide bonds. The minimum atomic E-state index is -5.89. The Bertz CT molecular complexity index is 396. The van der Waals surface area contributed by atoms with Crippen molar-refractivity contribution in [3.63, 3.8) is 0 Å². The Morgan fingerprint density at radius 3 is 1.35 bits per heavy atom. The number of aliphatic carboxylic acids is 2. The predicted octanol–water partition coefficient (Wildman–Crippen LogP) is -2.58. The Hall–Kier alpha value is -0.953. The fourth-order valence-corrected chi connectivity index (χ4v) is 0.574. The molecule has 0 saturated carbocycles. The summed E-state index contributed by atoms with van der Waals surface area (Å²) in [7, 11) is -4.36. The normalized spacial score (nSPS) is 7.75. The summed E-state index contributed by atoms with van der Waals surface area (Å²) in [5.41, 5.74) is 0. The van der Waals surface area contributed by atoms with Gasteiger partial charge in [-0.05, 0) is 0 Å². The van der Waals surface area contributed by atoms with Crippen LogP contribution in [0.25, 0.3) is 0 Å². The summed E-state index contributed by atoms with van der Waals surface area (Å²) in [6, 6.07) is 0. The molecule has 0 radical (unpaired) electrons. The molecule has 0 rings (SSSR count). The number of carbonyl (C=O) groups excluding carboxylic acids is 2. The molecule has 16 heteroatoms. The number of hydrogen-bond acceptors (Lipinski definition) is 10. The first kappa shape index (κ1) is 27.4. The van der Waals surface area contributed by atoms with Crippen molar-refractivity contribution >= 4 is 54.0 Å². The molecule has 0 aromatic rings. The standard InChI is InChI=1S/C2N2O2S2.C2H2O4.F2HO2P.Li/c5-1-3-7-8-4-2-6;3-1(4)2(5)6;1-5(2,3)4;/h;(H,3,4)(H,5,6);(H,3,4);/q;;;+1/p-1. The van der Waals surface area contributed by atoms with Gasteiger partial charge in [-0.25, -0.2) is 19.2 Å². The van der Waals surface area contributed by atoms with Gasteiger partial charge in [-0.2, -0.15) is 8.39 Å². The Kier molecular flexibility index (Phi) is 24.7. The van der Waals surface area contributed by atoms with Crippen molar-refractivity contribution < 1.29 is 66.1 Å². The molecular formula is C4H2F2LiN2O8PS2. The largest absolute Gasteiger partial charge is 1.00 e. The number of carbonyl (C=O) groups is 2. The topological polar surface area (TPSA) is 174 Å². The minimum absolute atomic E-state index is 0. The third-order valence-corrected chi connectivity index (χ3v) is 1.38. The van der Waals surface area contributed by atoms with E-state index in [1.54, 1.807) is 0 Å². The molecule has 108 valence electrons. The van der Waals surface area contributed by atoms with E-state index in [4.69, 9.17) is 29.3 Å². The maximum Gasteiger partial charge on any atom is 1.00 e. The molecule has 20 heavy (non-hydrogen) atoms. The van der Waals surface area contributed by atoms with Crippen LogP contribution in [-0.4, -0.2) is 34.3 Å². The van der Waals surface area contributed by atoms with Crippen molar-refractivity contribution in [3.05, 3.63) is 0 Å². The molecule has 0 fully saturated rings. The van der Waals surface area contributed by atoms with Crippen LogP contribution in [0.2, 0.25) is 0 Å². The van der Waals surface area contributed by atoms with Gasteiger partial charge in [0.2, 0.25) is 12.2 Å². The molecule has 0 unspecified atom stereocenters. The average molecular weight is 346 g/mol. The van der Waals surface area contributed by atoms with Gasteiger partial charge >= 0.3 is 38.8 Å². The van der Waals surface area contributed by atoms with Gasteiger partial charge in [0.1, 0.15) is 0 Å². The number of carboxylic acid groups (broad SMARTS) is 2. The summed E-state index contributed by atoms with van der Waals surface area (Å²) in [6.45, 7) is 0. The SMILES string of the molecule is O=C(O)C(=O)O.O=C=NSSN=C=O.O=P([O-])(F)F.[Li+]. The molecule has 0 aliphatic carbocycles. The zero-order chi connectivity index (χ0) is 15.9. The van der Waals surface area contributed by atoms with Gasteiger partial charge in [0, 0.05) is 0 Å². The summed E-state index contributed by atoms with van der Waals surface area (Å²) in [6.07, 6.45) is 2.51. The molecule has 0 atom stereocenters. The minimum Gasteiger partial charge on any atom is -0.749 e. The summed E-state index contributed by atoms with van der Waals surface area (Å²) in [4.78, 5) is 45.1. The second-order valence-corrected chi connectivity index (χ2v) is 3.93. The number of halogens is 2. The molecule has 0 aromatic carbocycles. The molecule has 2 N–H and O–H groups in total. The van der Waals surface area contributed by atoms with Crippen molar-refractivity contribution in [2.24, 2.45) is 8.80 Å². The average Bonchev–Trinajstić information content (AvgIpc) is 2.23. The van der Waals surface area contributed by atoms with Crippen LogP contribution in [0, 0.1) is 0 Å². The zero-order valence-corrected chi connectivity index (χ0v) is 11.8. The Morgan fingerprint density at radius 2 is 1.25 bits per heavy atom. The van der Waals surface area contributed by atoms with Crippen molar-refractivity contribution in [3.8, 4) is 0 Å². The van der Waals surface area contributed by atoms with E-state index in [9.17, 15) is 18.0 Å². The van der Waals surface area contributed by atoms with Gasteiger partial charge in [0.05, 0.1) is 22.0 Å². The van der Waals surface area contributed by atoms with E-state index in [1.807, 2.05) is 0 Å². The second-order valence-electron chi connectivity index (χ2n) is 1.54. The Labute approximate surface area is 129 Å². The van der Waals surface area contributed by atoms with Crippen molar-refractivity contribution in [1.82, 2.24) is 0 Å². The molecule has 0 saturated heterocycles. The van der Waals surface area contributed by atoms with Gasteiger partial charge in [-0.3, -0.25) is 4.57 Å². The second kappa shape index (κ2) is 18.0. The Morgan fingerprint density at radius 1 is 1.05 bits per heavy atom. The van der Waals surface area contributed by atoms with E-state index in [1.165, 1.54) is 12.2 Å². The third-order valence-electron chi connectivity index (χ3n) is 0.365. The molecule has 0 aliphatic heterocycles. The van der Waals surface area contributed by atoms with Gasteiger partial charge in [0.25, 0.3) is 0 Å². The van der Waals surface area contributed by atoms with Crippen LogP contribution < -0.4 is 23.8 Å². The van der Waals surface area contributed by atoms with Gasteiger partial charge in [-0.15, -0.1) is 8.80 Å². The van der Waals surface area contributed by atoms with E-state index >= 15 is 0 Å². The number of hydrogen-bond donors (Lipinski definition) is 2. The maximum absolute atomic E-state index is 10.0. The first-order valence-electron chi connectivity index (χ1n) is 3.20. The Balaban J connectivity index is -0.0000000966. The van der Waals surface area contributed by atoms with Crippen molar-refractivity contribution in [1.29, 1.82) is 0 Å². The molecule has 0 aromatic heterocycles. The zero-order valence-electron chi connectivity index (χ0n) is 9.26. The van der Waals surface area contributed by atoms with Crippen LogP contribution in [0.5, 0.6) is 0 Å². The maximum atomic E-state index is 10.0. The molecule has 0 spiro atoms. The van der Waals surface area contributed by atoms with Crippen molar-refractivity contribution in [2.45, 2.75) is 0 Å². The summed E-state index contributed by atoms with van der Waals surface area (Å²) in [5.74, 6) is -3.65. The molecule has 0 bridgehead atoms. The number of rotatable bonds is 3. The number of carboxylic acids is 2. The van der Waals surface area contributed by atoms with Gasteiger partial charge in [-0.1, -0.05) is 0 Å². The monoisotopic (exact) mass is 346 g/mol. The third kappa shape index (κ3) is 67.8. The first-order valence-corrected chi connectivity index (χ1v) is 6.67. The van der Waals surface area contributed by atoms with Gasteiger partial charge in [0.15, 0.2) is 0 Å². The fourth-order valence-electron chi connectivity index (χ4n) is 0.0638. The van der Waals surface area contributed by atoms with Crippen LogP contribution in [0.3, 0.4) is 0 Å². The van der Waals surface area contributed by atoms with Crippen LogP contribution in [0.15, 0.2) is 8.80 Å². The number of isocyanates is 2. The number of nitrogens with zero attached hydrogens (tertiary/aromatic N) is 2. The summed E-state index contributed by atoms with van der Waals surface area (Å²) < 4.78 is 34.4. The van der Waals surface area contributed by atoms with E-state index < -0.39 is 19.9 Å². The summed E-state index contributed by atoms with van der Waals surface area (Å²) >= 11 is 0. The van der Waals surface area contributed by atoms with E-state index in [2.05, 4.69) is 8.80 Å². The first-order chi connectivity index (χ1) is 8.56. The van der Waals surface area contributed by atoms with Crippen LogP contribution in [0.4, 0.5) is 8.39 Å². The van der Waals surface area contributed by atoms with Crippen LogP contribution in [0.1, 0.15) is 0 Å². The van der Waals surface area contributed by atoms with Crippen LogP contribution >= 0.6 is 30.0 Å². The van der Waals surface area contributed by atoms with Gasteiger partial charge < -0.3 is 15.1 Å².